The number of halogens is 4. The predicted octanol–water partition coefficient (Wildman–Crippen LogP) is 2.21. The second-order valence-electron chi connectivity index (χ2n) is 5.16. The van der Waals surface area contributed by atoms with Gasteiger partial charge in [0.25, 0.3) is 12.3 Å². The standard InChI is InChI=1S/C14H15F4NO3/c1-22-8-6-9(15)11(10(16)7-8)12(20)19-4-2-14(21,3-5-19)13(17)18/h6-7,13,21H,2-5H2,1H3. The van der Waals surface area contributed by atoms with Gasteiger partial charge in [0, 0.05) is 25.2 Å². The average molecular weight is 321 g/mol. The van der Waals surface area contributed by atoms with Crippen LogP contribution in [-0.4, -0.2) is 48.1 Å². The van der Waals surface area contributed by atoms with Crippen LogP contribution in [0.25, 0.3) is 0 Å². The summed E-state index contributed by atoms with van der Waals surface area (Å²) in [6, 6.07) is 1.74. The van der Waals surface area contributed by atoms with Crippen LogP contribution < -0.4 is 4.74 Å². The first kappa shape index (κ1) is 16.5. The molecule has 4 nitrogen and oxygen atoms in total. The quantitative estimate of drug-likeness (QED) is 0.869. The molecule has 0 unspecified atom stereocenters. The van der Waals surface area contributed by atoms with Crippen LogP contribution in [-0.2, 0) is 0 Å². The van der Waals surface area contributed by atoms with Crippen LogP contribution >= 0.6 is 0 Å². The molecular formula is C14H15F4NO3. The maximum Gasteiger partial charge on any atom is 0.266 e. The summed E-state index contributed by atoms with van der Waals surface area (Å²) in [7, 11) is 1.23. The summed E-state index contributed by atoms with van der Waals surface area (Å²) in [6.45, 7) is -0.408. The first-order chi connectivity index (χ1) is 10.3. The Morgan fingerprint density at radius 1 is 1.27 bits per heavy atom. The Balaban J connectivity index is 2.17. The molecule has 1 aromatic carbocycles. The molecule has 0 aliphatic carbocycles. The summed E-state index contributed by atoms with van der Waals surface area (Å²) in [4.78, 5) is 13.2. The number of likely N-dealkylation sites (tertiary alicyclic amines) is 1. The predicted molar refractivity (Wildman–Crippen MR) is 69.0 cm³/mol. The number of benzene rings is 1. The van der Waals surface area contributed by atoms with E-state index < -0.39 is 35.1 Å². The molecule has 1 N–H and O–H groups in total. The van der Waals surface area contributed by atoms with Crippen LogP contribution in [0.3, 0.4) is 0 Å². The van der Waals surface area contributed by atoms with Crippen molar-refractivity contribution in [1.29, 1.82) is 0 Å². The molecule has 1 aliphatic heterocycles. The number of rotatable bonds is 3. The summed E-state index contributed by atoms with van der Waals surface area (Å²) >= 11 is 0. The molecule has 0 atom stereocenters. The molecule has 1 heterocycles. The highest BCUT2D eigenvalue weighted by atomic mass is 19.3. The lowest BCUT2D eigenvalue weighted by Crippen LogP contribution is -2.50. The molecule has 22 heavy (non-hydrogen) atoms. The van der Waals surface area contributed by atoms with Gasteiger partial charge in [-0.15, -0.1) is 0 Å². The average Bonchev–Trinajstić information content (AvgIpc) is 2.46. The zero-order chi connectivity index (χ0) is 16.5. The number of methoxy groups -OCH3 is 1. The summed E-state index contributed by atoms with van der Waals surface area (Å²) in [5, 5.41) is 9.64. The van der Waals surface area contributed by atoms with Crippen molar-refractivity contribution in [2.45, 2.75) is 24.9 Å². The van der Waals surface area contributed by atoms with Crippen molar-refractivity contribution >= 4 is 5.91 Å². The van der Waals surface area contributed by atoms with E-state index in [-0.39, 0.29) is 31.7 Å². The lowest BCUT2D eigenvalue weighted by Gasteiger charge is -2.37. The fourth-order valence-corrected chi connectivity index (χ4v) is 2.35. The summed E-state index contributed by atoms with van der Waals surface area (Å²) in [6.07, 6.45) is -3.63. The zero-order valence-corrected chi connectivity index (χ0v) is 11.8. The fourth-order valence-electron chi connectivity index (χ4n) is 2.35. The monoisotopic (exact) mass is 321 g/mol. The molecule has 1 amide bonds. The van der Waals surface area contributed by atoms with Gasteiger partial charge in [-0.05, 0) is 12.8 Å². The number of ether oxygens (including phenoxy) is 1. The van der Waals surface area contributed by atoms with Crippen LogP contribution in [0.15, 0.2) is 12.1 Å². The van der Waals surface area contributed by atoms with Crippen molar-refractivity contribution in [2.75, 3.05) is 20.2 Å². The number of alkyl halides is 2. The second kappa shape index (κ2) is 6.12. The minimum absolute atomic E-state index is 0.0720. The molecule has 122 valence electrons. The highest BCUT2D eigenvalue weighted by Crippen LogP contribution is 2.30. The molecule has 0 aromatic heterocycles. The number of hydrogen-bond donors (Lipinski definition) is 1. The van der Waals surface area contributed by atoms with Crippen LogP contribution in [0, 0.1) is 11.6 Å². The fraction of sp³-hybridized carbons (Fsp3) is 0.500. The highest BCUT2D eigenvalue weighted by molar-refractivity contribution is 5.95. The maximum atomic E-state index is 13.8. The van der Waals surface area contributed by atoms with Crippen molar-refractivity contribution in [3.05, 3.63) is 29.3 Å². The summed E-state index contributed by atoms with van der Waals surface area (Å²) in [5.41, 5.74) is -2.92. The van der Waals surface area contributed by atoms with E-state index in [2.05, 4.69) is 4.74 Å². The van der Waals surface area contributed by atoms with Gasteiger partial charge in [-0.25, -0.2) is 17.6 Å². The van der Waals surface area contributed by atoms with Crippen LogP contribution in [0.1, 0.15) is 23.2 Å². The van der Waals surface area contributed by atoms with Crippen molar-refractivity contribution in [3.63, 3.8) is 0 Å². The Hall–Kier alpha value is -1.83. The first-order valence-corrected chi connectivity index (χ1v) is 6.61. The second-order valence-corrected chi connectivity index (χ2v) is 5.16. The van der Waals surface area contributed by atoms with E-state index in [1.807, 2.05) is 0 Å². The van der Waals surface area contributed by atoms with Crippen LogP contribution in [0.4, 0.5) is 17.6 Å². The van der Waals surface area contributed by atoms with E-state index >= 15 is 0 Å². The van der Waals surface area contributed by atoms with Gasteiger partial charge < -0.3 is 14.7 Å². The topological polar surface area (TPSA) is 49.8 Å². The Labute approximate surface area is 124 Å². The van der Waals surface area contributed by atoms with E-state index in [0.717, 1.165) is 17.0 Å². The molecule has 0 radical (unpaired) electrons. The number of carbonyl (C=O) groups is 1. The first-order valence-electron chi connectivity index (χ1n) is 6.61. The van der Waals surface area contributed by atoms with Gasteiger partial charge >= 0.3 is 0 Å². The third-order valence-electron chi connectivity index (χ3n) is 3.79. The minimum Gasteiger partial charge on any atom is -0.497 e. The highest BCUT2D eigenvalue weighted by Gasteiger charge is 2.42. The molecule has 1 aliphatic rings. The van der Waals surface area contributed by atoms with Crippen molar-refractivity contribution < 1.29 is 32.2 Å². The lowest BCUT2D eigenvalue weighted by atomic mass is 9.91. The largest absolute Gasteiger partial charge is 0.497 e. The lowest BCUT2D eigenvalue weighted by molar-refractivity contribution is -0.122. The van der Waals surface area contributed by atoms with Gasteiger partial charge in [0.1, 0.15) is 28.5 Å². The van der Waals surface area contributed by atoms with Gasteiger partial charge in [-0.2, -0.15) is 0 Å². The van der Waals surface area contributed by atoms with E-state index in [1.165, 1.54) is 7.11 Å². The smallest absolute Gasteiger partial charge is 0.266 e. The molecule has 8 heteroatoms. The number of carbonyl (C=O) groups excluding carboxylic acids is 1. The van der Waals surface area contributed by atoms with Crippen molar-refractivity contribution in [2.24, 2.45) is 0 Å². The molecule has 0 spiro atoms. The van der Waals surface area contributed by atoms with Gasteiger partial charge in [-0.1, -0.05) is 0 Å². The van der Waals surface area contributed by atoms with Crippen molar-refractivity contribution in [3.8, 4) is 5.75 Å². The summed E-state index contributed by atoms with van der Waals surface area (Å²) in [5.74, 6) is -3.18. The third kappa shape index (κ3) is 3.01. The molecule has 1 aromatic rings. The van der Waals surface area contributed by atoms with Gasteiger partial charge in [0.15, 0.2) is 0 Å². The third-order valence-corrected chi connectivity index (χ3v) is 3.79. The van der Waals surface area contributed by atoms with Gasteiger partial charge in [0.05, 0.1) is 7.11 Å². The normalized spacial score (nSPS) is 17.7. The molecule has 1 saturated heterocycles. The van der Waals surface area contributed by atoms with E-state index in [1.54, 1.807) is 0 Å². The summed E-state index contributed by atoms with van der Waals surface area (Å²) < 4.78 is 57.7. The number of aliphatic hydroxyl groups is 1. The van der Waals surface area contributed by atoms with E-state index in [0.29, 0.717) is 0 Å². The Bertz CT molecular complexity index is 548. The van der Waals surface area contributed by atoms with Gasteiger partial charge in [-0.3, -0.25) is 4.79 Å². The number of hydrogen-bond acceptors (Lipinski definition) is 3. The van der Waals surface area contributed by atoms with Crippen LogP contribution in [0.2, 0.25) is 0 Å². The number of piperidine rings is 1. The molecule has 0 bridgehead atoms. The van der Waals surface area contributed by atoms with E-state index in [9.17, 15) is 27.5 Å². The van der Waals surface area contributed by atoms with Gasteiger partial charge in [0.2, 0.25) is 0 Å². The molecular weight excluding hydrogens is 306 g/mol. The SMILES string of the molecule is COc1cc(F)c(C(=O)N2CCC(O)(C(F)F)CC2)c(F)c1. The minimum atomic E-state index is -2.93. The Morgan fingerprint density at radius 2 is 1.77 bits per heavy atom. The Morgan fingerprint density at radius 3 is 2.18 bits per heavy atom. The van der Waals surface area contributed by atoms with Crippen LogP contribution in [0.5, 0.6) is 5.75 Å². The number of nitrogens with zero attached hydrogens (tertiary/aromatic N) is 1. The molecule has 1 fully saturated rings. The molecule has 0 saturated carbocycles. The maximum absolute atomic E-state index is 13.8. The Kier molecular flexibility index (Phi) is 4.60. The zero-order valence-electron chi connectivity index (χ0n) is 11.8. The van der Waals surface area contributed by atoms with Crippen molar-refractivity contribution in [1.82, 2.24) is 4.90 Å². The number of amides is 1. The molecule has 2 rings (SSSR count). The van der Waals surface area contributed by atoms with E-state index in [4.69, 9.17) is 0 Å².